The second kappa shape index (κ2) is 7.86. The Morgan fingerprint density at radius 3 is 1.67 bits per heavy atom. The van der Waals surface area contributed by atoms with Crippen molar-refractivity contribution in [2.45, 2.75) is 66.2 Å². The Kier molecular flexibility index (Phi) is 5.54. The number of carbonyl (C=O) groups excluding carboxylic acids is 5. The molecule has 6 nitrogen and oxygen atoms in total. The summed E-state index contributed by atoms with van der Waals surface area (Å²) in [6.45, 7) is 8.97. The summed E-state index contributed by atoms with van der Waals surface area (Å²) in [7, 11) is 0. The van der Waals surface area contributed by atoms with Gasteiger partial charge >= 0.3 is 0 Å². The molecule has 2 aliphatic rings. The highest BCUT2D eigenvalue weighted by atomic mass is 16.2. The van der Waals surface area contributed by atoms with Gasteiger partial charge in [-0.15, -0.1) is 0 Å². The Morgan fingerprint density at radius 1 is 0.818 bits per heavy atom. The van der Waals surface area contributed by atoms with Crippen molar-refractivity contribution in [3.63, 3.8) is 0 Å². The molecule has 0 saturated heterocycles. The lowest BCUT2D eigenvalue weighted by Crippen LogP contribution is -2.48. The highest BCUT2D eigenvalue weighted by molar-refractivity contribution is 6.12. The Hall–Kier alpha value is -2.89. The van der Waals surface area contributed by atoms with Crippen molar-refractivity contribution in [2.75, 3.05) is 0 Å². The molecule has 174 valence electrons. The van der Waals surface area contributed by atoms with E-state index < -0.39 is 28.6 Å². The molecule has 2 saturated carbocycles. The highest BCUT2D eigenvalue weighted by Crippen LogP contribution is 2.48. The van der Waals surface area contributed by atoms with Crippen LogP contribution in [0.1, 0.15) is 76.6 Å². The maximum absolute atomic E-state index is 13.4. The lowest BCUT2D eigenvalue weighted by molar-refractivity contribution is -0.145. The zero-order chi connectivity index (χ0) is 24.3. The molecule has 2 fully saturated rings. The van der Waals surface area contributed by atoms with Crippen LogP contribution in [0, 0.1) is 22.7 Å². The summed E-state index contributed by atoms with van der Waals surface area (Å²) in [5.74, 6) is -4.18. The quantitative estimate of drug-likeness (QED) is 0.642. The summed E-state index contributed by atoms with van der Waals surface area (Å²) in [5, 5.41) is 0.688. The minimum atomic E-state index is -1.07. The number of benzene rings is 1. The van der Waals surface area contributed by atoms with Gasteiger partial charge in [0.05, 0.1) is 17.4 Å². The standard InChI is InChI=1S/C27H31NO5/c1-15(29)28-14-17(16-8-6-7-9-18(16)28)23(24-19(30)10-26(2,3)11-20(24)31)25-21(32)12-27(4,5)13-22(25)33/h6-9,14,23-25H,10-13H2,1-5H3. The molecular formula is C27H31NO5. The number of Topliss-reactive ketones (excluding diaryl/α,β-unsaturated/α-hetero) is 4. The first kappa shape index (κ1) is 23.3. The number of aromatic nitrogens is 1. The van der Waals surface area contributed by atoms with E-state index in [2.05, 4.69) is 0 Å². The number of nitrogens with zero attached hydrogens (tertiary/aromatic N) is 1. The summed E-state index contributed by atoms with van der Waals surface area (Å²) >= 11 is 0. The van der Waals surface area contributed by atoms with Gasteiger partial charge in [0, 0.05) is 50.1 Å². The van der Waals surface area contributed by atoms with Crippen LogP contribution in [0.4, 0.5) is 0 Å². The Bertz CT molecular complexity index is 1110. The first-order valence-corrected chi connectivity index (χ1v) is 11.5. The fourth-order valence-electron chi connectivity index (χ4n) is 5.90. The van der Waals surface area contributed by atoms with E-state index in [1.807, 2.05) is 39.8 Å². The average Bonchev–Trinajstić information content (AvgIpc) is 3.03. The third-order valence-electron chi connectivity index (χ3n) is 7.16. The minimum absolute atomic E-state index is 0.214. The smallest absolute Gasteiger partial charge is 0.227 e. The lowest BCUT2D eigenvalue weighted by Gasteiger charge is -2.41. The third kappa shape index (κ3) is 4.11. The number of rotatable bonds is 3. The number of para-hydroxylation sites is 1. The lowest BCUT2D eigenvalue weighted by atomic mass is 9.59. The van der Waals surface area contributed by atoms with Gasteiger partial charge in [0.1, 0.15) is 23.1 Å². The topological polar surface area (TPSA) is 90.3 Å². The van der Waals surface area contributed by atoms with Gasteiger partial charge in [-0.1, -0.05) is 45.9 Å². The summed E-state index contributed by atoms with van der Waals surface area (Å²) in [6.07, 6.45) is 2.48. The van der Waals surface area contributed by atoms with Gasteiger partial charge < -0.3 is 0 Å². The van der Waals surface area contributed by atoms with E-state index in [0.717, 1.165) is 0 Å². The van der Waals surface area contributed by atoms with Crippen LogP contribution >= 0.6 is 0 Å². The molecule has 0 N–H and O–H groups in total. The molecule has 0 radical (unpaired) electrons. The van der Waals surface area contributed by atoms with Crippen molar-refractivity contribution in [1.29, 1.82) is 0 Å². The maximum Gasteiger partial charge on any atom is 0.227 e. The van der Waals surface area contributed by atoms with E-state index >= 15 is 0 Å². The number of ketones is 4. The van der Waals surface area contributed by atoms with E-state index in [-0.39, 0.29) is 54.7 Å². The molecule has 1 aromatic heterocycles. The van der Waals surface area contributed by atoms with Crippen LogP contribution in [0.25, 0.3) is 10.9 Å². The van der Waals surface area contributed by atoms with Crippen molar-refractivity contribution in [3.05, 3.63) is 36.0 Å². The normalized spacial score (nSPS) is 21.9. The molecule has 0 amide bonds. The molecule has 2 aliphatic carbocycles. The first-order valence-electron chi connectivity index (χ1n) is 11.5. The highest BCUT2D eigenvalue weighted by Gasteiger charge is 2.52. The van der Waals surface area contributed by atoms with E-state index in [9.17, 15) is 24.0 Å². The minimum Gasteiger partial charge on any atom is -0.299 e. The fraction of sp³-hybridized carbons (Fsp3) is 0.519. The fourth-order valence-corrected chi connectivity index (χ4v) is 5.90. The largest absolute Gasteiger partial charge is 0.299 e. The molecule has 6 heteroatoms. The van der Waals surface area contributed by atoms with Gasteiger partial charge in [-0.05, 0) is 22.5 Å². The van der Waals surface area contributed by atoms with Crippen molar-refractivity contribution in [3.8, 4) is 0 Å². The van der Waals surface area contributed by atoms with Gasteiger partial charge in [0.15, 0.2) is 0 Å². The van der Waals surface area contributed by atoms with Gasteiger partial charge in [-0.3, -0.25) is 28.5 Å². The Labute approximate surface area is 193 Å². The first-order chi connectivity index (χ1) is 15.3. The molecule has 1 aromatic carbocycles. The SMILES string of the molecule is CC(=O)n1cc(C(C2C(=O)CC(C)(C)CC2=O)C2C(=O)CC(C)(C)CC2=O)c2ccccc21. The van der Waals surface area contributed by atoms with E-state index in [1.54, 1.807) is 18.3 Å². The number of carbonyl (C=O) groups is 5. The van der Waals surface area contributed by atoms with Crippen LogP contribution in [0.2, 0.25) is 0 Å². The van der Waals surface area contributed by atoms with E-state index in [4.69, 9.17) is 0 Å². The van der Waals surface area contributed by atoms with Crippen molar-refractivity contribution in [1.82, 2.24) is 4.57 Å². The van der Waals surface area contributed by atoms with Crippen molar-refractivity contribution in [2.24, 2.45) is 22.7 Å². The molecule has 2 aromatic rings. The summed E-state index contributed by atoms with van der Waals surface area (Å²) in [4.78, 5) is 65.9. The van der Waals surface area contributed by atoms with E-state index in [0.29, 0.717) is 16.5 Å². The predicted molar refractivity (Wildman–Crippen MR) is 124 cm³/mol. The van der Waals surface area contributed by atoms with Gasteiger partial charge in [-0.25, -0.2) is 0 Å². The number of hydrogen-bond acceptors (Lipinski definition) is 5. The maximum atomic E-state index is 13.4. The molecule has 0 bridgehead atoms. The molecule has 0 spiro atoms. The van der Waals surface area contributed by atoms with E-state index in [1.165, 1.54) is 11.5 Å². The summed E-state index contributed by atoms with van der Waals surface area (Å²) in [6, 6.07) is 7.23. The number of hydrogen-bond donors (Lipinski definition) is 0. The van der Waals surface area contributed by atoms with Gasteiger partial charge in [0.25, 0.3) is 0 Å². The third-order valence-corrected chi connectivity index (χ3v) is 7.16. The summed E-state index contributed by atoms with van der Waals surface area (Å²) in [5.41, 5.74) is 0.284. The zero-order valence-electron chi connectivity index (χ0n) is 19.9. The molecule has 1 heterocycles. The zero-order valence-corrected chi connectivity index (χ0v) is 19.9. The summed E-state index contributed by atoms with van der Waals surface area (Å²) < 4.78 is 1.47. The molecule has 0 atom stereocenters. The van der Waals surface area contributed by atoms with Crippen LogP contribution in [0.5, 0.6) is 0 Å². The Morgan fingerprint density at radius 2 is 1.24 bits per heavy atom. The molecule has 0 aliphatic heterocycles. The average molecular weight is 450 g/mol. The van der Waals surface area contributed by atoms with Crippen LogP contribution in [-0.2, 0) is 19.2 Å². The second-order valence-electron chi connectivity index (χ2n) is 11.4. The second-order valence-corrected chi connectivity index (χ2v) is 11.4. The predicted octanol–water partition coefficient (Wildman–Crippen LogP) is 4.53. The van der Waals surface area contributed by atoms with Crippen LogP contribution in [-0.4, -0.2) is 33.6 Å². The van der Waals surface area contributed by atoms with Crippen molar-refractivity contribution >= 4 is 39.9 Å². The molecule has 4 rings (SSSR count). The van der Waals surface area contributed by atoms with Gasteiger partial charge in [0.2, 0.25) is 5.91 Å². The number of fused-ring (bicyclic) bond motifs is 1. The van der Waals surface area contributed by atoms with Crippen LogP contribution < -0.4 is 0 Å². The monoisotopic (exact) mass is 449 g/mol. The Balaban J connectivity index is 1.94. The molecular weight excluding hydrogens is 418 g/mol. The molecule has 33 heavy (non-hydrogen) atoms. The van der Waals surface area contributed by atoms with Crippen LogP contribution in [0.15, 0.2) is 30.5 Å². The van der Waals surface area contributed by atoms with Crippen LogP contribution in [0.3, 0.4) is 0 Å². The van der Waals surface area contributed by atoms with Crippen molar-refractivity contribution < 1.29 is 24.0 Å². The molecule has 0 unspecified atom stereocenters. The van der Waals surface area contributed by atoms with Gasteiger partial charge in [-0.2, -0.15) is 0 Å².